The Labute approximate surface area is 143 Å². The Kier molecular flexibility index (Phi) is 6.95. The van der Waals surface area contributed by atoms with E-state index in [0.29, 0.717) is 12.3 Å². The maximum Gasteiger partial charge on any atom is 0.191 e. The first-order chi connectivity index (χ1) is 11.7. The largest absolute Gasteiger partial charge is 0.508 e. The fraction of sp³-hybridized carbons (Fsp3) is 0.316. The Balaban J connectivity index is 1.69. The zero-order valence-electron chi connectivity index (χ0n) is 14.2. The normalized spacial score (nSPS) is 11.2. The van der Waals surface area contributed by atoms with Gasteiger partial charge in [-0.1, -0.05) is 24.3 Å². The lowest BCUT2D eigenvalue weighted by molar-refractivity contribution is 0.414. The average Bonchev–Trinajstić information content (AvgIpc) is 2.63. The minimum Gasteiger partial charge on any atom is -0.508 e. The maximum absolute atomic E-state index is 9.27. The second kappa shape index (κ2) is 9.45. The molecular weight excluding hydrogens is 302 g/mol. The molecule has 3 N–H and O–H groups in total. The number of methoxy groups -OCH3 is 1. The number of aromatic hydroxyl groups is 1. The van der Waals surface area contributed by atoms with Crippen LogP contribution in [0, 0.1) is 0 Å². The standard InChI is InChI=1S/C19H25N3O2/c1-20-19(22-14-16-7-11-18(24-2)12-8-16)21-13-3-4-15-5-9-17(23)10-6-15/h5-12,23H,3-4,13-14H2,1-2H3,(H2,20,21,22). The Morgan fingerprint density at radius 1 is 1.00 bits per heavy atom. The predicted molar refractivity (Wildman–Crippen MR) is 97.6 cm³/mol. The molecule has 2 aromatic carbocycles. The van der Waals surface area contributed by atoms with E-state index >= 15 is 0 Å². The average molecular weight is 327 g/mol. The summed E-state index contributed by atoms with van der Waals surface area (Å²) in [6.45, 7) is 1.55. The van der Waals surface area contributed by atoms with E-state index in [9.17, 15) is 5.11 Å². The van der Waals surface area contributed by atoms with Gasteiger partial charge in [-0.15, -0.1) is 0 Å². The highest BCUT2D eigenvalue weighted by Crippen LogP contribution is 2.11. The van der Waals surface area contributed by atoms with Crippen LogP contribution >= 0.6 is 0 Å². The van der Waals surface area contributed by atoms with Crippen molar-refractivity contribution in [1.29, 1.82) is 0 Å². The number of phenols is 1. The minimum atomic E-state index is 0.306. The Bertz CT molecular complexity index is 637. The van der Waals surface area contributed by atoms with Crippen LogP contribution in [0.4, 0.5) is 0 Å². The van der Waals surface area contributed by atoms with E-state index in [-0.39, 0.29) is 0 Å². The van der Waals surface area contributed by atoms with E-state index in [1.807, 2.05) is 36.4 Å². The number of rotatable bonds is 7. The van der Waals surface area contributed by atoms with Crippen molar-refractivity contribution in [2.75, 3.05) is 20.7 Å². The number of ether oxygens (including phenoxy) is 1. The summed E-state index contributed by atoms with van der Waals surface area (Å²) in [5.74, 6) is 1.95. The highest BCUT2D eigenvalue weighted by molar-refractivity contribution is 5.79. The Morgan fingerprint density at radius 3 is 2.29 bits per heavy atom. The number of phenolic OH excluding ortho intramolecular Hbond substituents is 1. The lowest BCUT2D eigenvalue weighted by Gasteiger charge is -2.12. The Morgan fingerprint density at radius 2 is 1.67 bits per heavy atom. The number of nitrogens with one attached hydrogen (secondary N) is 2. The number of hydrogen-bond donors (Lipinski definition) is 3. The summed E-state index contributed by atoms with van der Waals surface area (Å²) in [5.41, 5.74) is 2.39. The summed E-state index contributed by atoms with van der Waals surface area (Å²) in [4.78, 5) is 4.23. The number of aryl methyl sites for hydroxylation is 1. The van der Waals surface area contributed by atoms with Crippen LogP contribution in [0.5, 0.6) is 11.5 Å². The second-order valence-electron chi connectivity index (χ2n) is 5.47. The van der Waals surface area contributed by atoms with Crippen molar-refractivity contribution < 1.29 is 9.84 Å². The number of hydrogen-bond acceptors (Lipinski definition) is 3. The third-order valence-corrected chi connectivity index (χ3v) is 3.71. The van der Waals surface area contributed by atoms with Gasteiger partial charge in [-0.05, 0) is 48.2 Å². The van der Waals surface area contributed by atoms with Crippen LogP contribution in [0.2, 0.25) is 0 Å². The van der Waals surface area contributed by atoms with E-state index in [1.165, 1.54) is 11.1 Å². The summed E-state index contributed by atoms with van der Waals surface area (Å²) in [6, 6.07) is 15.3. The van der Waals surface area contributed by atoms with Crippen LogP contribution in [0.3, 0.4) is 0 Å². The zero-order chi connectivity index (χ0) is 17.2. The van der Waals surface area contributed by atoms with E-state index in [4.69, 9.17) is 4.74 Å². The van der Waals surface area contributed by atoms with Gasteiger partial charge >= 0.3 is 0 Å². The molecule has 0 radical (unpaired) electrons. The molecule has 0 saturated carbocycles. The molecule has 128 valence electrons. The van der Waals surface area contributed by atoms with Gasteiger partial charge in [0.2, 0.25) is 0 Å². The lowest BCUT2D eigenvalue weighted by Crippen LogP contribution is -2.37. The van der Waals surface area contributed by atoms with Gasteiger partial charge in [0.1, 0.15) is 11.5 Å². The summed E-state index contributed by atoms with van der Waals surface area (Å²) < 4.78 is 5.15. The van der Waals surface area contributed by atoms with Gasteiger partial charge in [0.25, 0.3) is 0 Å². The third kappa shape index (κ3) is 5.83. The van der Waals surface area contributed by atoms with E-state index in [2.05, 4.69) is 15.6 Å². The molecule has 2 aromatic rings. The lowest BCUT2D eigenvalue weighted by atomic mass is 10.1. The summed E-state index contributed by atoms with van der Waals surface area (Å²) >= 11 is 0. The van der Waals surface area contributed by atoms with Gasteiger partial charge in [-0.25, -0.2) is 0 Å². The van der Waals surface area contributed by atoms with E-state index < -0.39 is 0 Å². The molecule has 24 heavy (non-hydrogen) atoms. The highest BCUT2D eigenvalue weighted by atomic mass is 16.5. The van der Waals surface area contributed by atoms with Crippen molar-refractivity contribution in [3.8, 4) is 11.5 Å². The van der Waals surface area contributed by atoms with Crippen LogP contribution in [-0.4, -0.2) is 31.8 Å². The first-order valence-electron chi connectivity index (χ1n) is 8.06. The van der Waals surface area contributed by atoms with Gasteiger partial charge in [-0.3, -0.25) is 4.99 Å². The number of aliphatic imine (C=N–C) groups is 1. The van der Waals surface area contributed by atoms with E-state index in [1.54, 1.807) is 26.3 Å². The smallest absolute Gasteiger partial charge is 0.191 e. The molecule has 0 amide bonds. The fourth-order valence-electron chi connectivity index (χ4n) is 2.31. The monoisotopic (exact) mass is 327 g/mol. The summed E-state index contributed by atoms with van der Waals surface area (Å²) in [6.07, 6.45) is 1.96. The van der Waals surface area contributed by atoms with Crippen molar-refractivity contribution in [2.45, 2.75) is 19.4 Å². The van der Waals surface area contributed by atoms with E-state index in [0.717, 1.165) is 31.1 Å². The molecule has 0 atom stereocenters. The van der Waals surface area contributed by atoms with Crippen LogP contribution in [0.1, 0.15) is 17.5 Å². The molecule has 0 saturated heterocycles. The molecule has 0 aliphatic heterocycles. The van der Waals surface area contributed by atoms with Gasteiger partial charge in [-0.2, -0.15) is 0 Å². The van der Waals surface area contributed by atoms with Crippen LogP contribution < -0.4 is 15.4 Å². The molecule has 0 fully saturated rings. The molecular formula is C19H25N3O2. The second-order valence-corrected chi connectivity index (χ2v) is 5.47. The number of benzene rings is 2. The molecule has 2 rings (SSSR count). The number of nitrogens with zero attached hydrogens (tertiary/aromatic N) is 1. The van der Waals surface area contributed by atoms with Crippen molar-refractivity contribution in [1.82, 2.24) is 10.6 Å². The molecule has 0 bridgehead atoms. The first-order valence-corrected chi connectivity index (χ1v) is 8.06. The van der Waals surface area contributed by atoms with Crippen LogP contribution in [-0.2, 0) is 13.0 Å². The van der Waals surface area contributed by atoms with Crippen molar-refractivity contribution in [2.24, 2.45) is 4.99 Å². The zero-order valence-corrected chi connectivity index (χ0v) is 14.2. The van der Waals surface area contributed by atoms with Gasteiger partial charge in [0, 0.05) is 20.1 Å². The SMILES string of the molecule is CN=C(NCCCc1ccc(O)cc1)NCc1ccc(OC)cc1. The predicted octanol–water partition coefficient (Wildman–Crippen LogP) is 2.70. The summed E-state index contributed by atoms with van der Waals surface area (Å²) in [7, 11) is 3.43. The first kappa shape index (κ1) is 17.7. The third-order valence-electron chi connectivity index (χ3n) is 3.71. The van der Waals surface area contributed by atoms with Crippen LogP contribution in [0.15, 0.2) is 53.5 Å². The quantitative estimate of drug-likeness (QED) is 0.416. The summed E-state index contributed by atoms with van der Waals surface area (Å²) in [5, 5.41) is 15.9. The van der Waals surface area contributed by atoms with Crippen molar-refractivity contribution >= 4 is 5.96 Å². The van der Waals surface area contributed by atoms with Gasteiger partial charge in [0.15, 0.2) is 5.96 Å². The molecule has 5 heteroatoms. The topological polar surface area (TPSA) is 65.9 Å². The van der Waals surface area contributed by atoms with Crippen molar-refractivity contribution in [3.05, 3.63) is 59.7 Å². The molecule has 0 aliphatic carbocycles. The Hall–Kier alpha value is -2.69. The molecule has 0 aromatic heterocycles. The molecule has 0 spiro atoms. The van der Waals surface area contributed by atoms with Crippen LogP contribution in [0.25, 0.3) is 0 Å². The van der Waals surface area contributed by atoms with Crippen molar-refractivity contribution in [3.63, 3.8) is 0 Å². The molecule has 0 unspecified atom stereocenters. The van der Waals surface area contributed by atoms with Gasteiger partial charge in [0.05, 0.1) is 7.11 Å². The highest BCUT2D eigenvalue weighted by Gasteiger charge is 1.99. The number of guanidine groups is 1. The fourth-order valence-corrected chi connectivity index (χ4v) is 2.31. The molecule has 5 nitrogen and oxygen atoms in total. The molecule has 0 heterocycles. The van der Waals surface area contributed by atoms with Gasteiger partial charge < -0.3 is 20.5 Å². The minimum absolute atomic E-state index is 0.306. The molecule has 0 aliphatic rings. The maximum atomic E-state index is 9.27.